The van der Waals surface area contributed by atoms with Gasteiger partial charge in [-0.2, -0.15) is 0 Å². The zero-order valence-electron chi connectivity index (χ0n) is 9.64. The maximum Gasteiger partial charge on any atom is 0.227 e. The van der Waals surface area contributed by atoms with Crippen molar-refractivity contribution >= 4 is 5.91 Å². The average Bonchev–Trinajstić information content (AvgIpc) is 2.27. The number of carbonyl (C=O) groups is 1. The number of hydrogen-bond donors (Lipinski definition) is 3. The molecule has 1 aliphatic rings. The van der Waals surface area contributed by atoms with E-state index in [0.29, 0.717) is 13.1 Å². The second-order valence-electron chi connectivity index (χ2n) is 4.36. The molecule has 1 aliphatic heterocycles. The SMILES string of the molecule is CCCC1(C(=O)NCCN)CCCNC1. The van der Waals surface area contributed by atoms with Crippen LogP contribution in [0.25, 0.3) is 0 Å². The van der Waals surface area contributed by atoms with Gasteiger partial charge in [0.15, 0.2) is 0 Å². The lowest BCUT2D eigenvalue weighted by Gasteiger charge is -2.36. The zero-order valence-corrected chi connectivity index (χ0v) is 9.64. The van der Waals surface area contributed by atoms with E-state index in [4.69, 9.17) is 5.73 Å². The van der Waals surface area contributed by atoms with Crippen LogP contribution in [0.5, 0.6) is 0 Å². The quantitative estimate of drug-likeness (QED) is 0.612. The molecule has 4 N–H and O–H groups in total. The molecule has 0 aromatic rings. The second-order valence-corrected chi connectivity index (χ2v) is 4.36. The molecule has 0 aliphatic carbocycles. The van der Waals surface area contributed by atoms with Crippen LogP contribution >= 0.6 is 0 Å². The van der Waals surface area contributed by atoms with Gasteiger partial charge < -0.3 is 16.4 Å². The molecule has 1 amide bonds. The fourth-order valence-electron chi connectivity index (χ4n) is 2.34. The number of carbonyl (C=O) groups excluding carboxylic acids is 1. The minimum atomic E-state index is -0.178. The monoisotopic (exact) mass is 213 g/mol. The summed E-state index contributed by atoms with van der Waals surface area (Å²) in [5, 5.41) is 6.25. The third-order valence-corrected chi connectivity index (χ3v) is 3.11. The number of piperidine rings is 1. The second kappa shape index (κ2) is 6.08. The molecule has 0 spiro atoms. The van der Waals surface area contributed by atoms with Crippen LogP contribution in [0.15, 0.2) is 0 Å². The van der Waals surface area contributed by atoms with Crippen molar-refractivity contribution in [3.05, 3.63) is 0 Å². The maximum absolute atomic E-state index is 12.1. The van der Waals surface area contributed by atoms with Gasteiger partial charge in [-0.3, -0.25) is 4.79 Å². The summed E-state index contributed by atoms with van der Waals surface area (Å²) < 4.78 is 0. The van der Waals surface area contributed by atoms with E-state index in [2.05, 4.69) is 17.6 Å². The van der Waals surface area contributed by atoms with Gasteiger partial charge in [0.05, 0.1) is 5.41 Å². The normalized spacial score (nSPS) is 26.3. The number of rotatable bonds is 5. The molecule has 1 saturated heterocycles. The van der Waals surface area contributed by atoms with Gasteiger partial charge in [-0.25, -0.2) is 0 Å². The number of amides is 1. The molecule has 1 heterocycles. The lowest BCUT2D eigenvalue weighted by Crippen LogP contribution is -2.51. The van der Waals surface area contributed by atoms with E-state index in [1.165, 1.54) is 0 Å². The van der Waals surface area contributed by atoms with Crippen LogP contribution in [0.2, 0.25) is 0 Å². The molecule has 4 nitrogen and oxygen atoms in total. The molecular weight excluding hydrogens is 190 g/mol. The molecule has 1 atom stereocenters. The fraction of sp³-hybridized carbons (Fsp3) is 0.909. The van der Waals surface area contributed by atoms with Crippen molar-refractivity contribution in [3.63, 3.8) is 0 Å². The summed E-state index contributed by atoms with van der Waals surface area (Å²) in [6.45, 7) is 5.09. The van der Waals surface area contributed by atoms with E-state index < -0.39 is 0 Å². The van der Waals surface area contributed by atoms with Crippen LogP contribution < -0.4 is 16.4 Å². The van der Waals surface area contributed by atoms with Gasteiger partial charge in [0.1, 0.15) is 0 Å². The minimum absolute atomic E-state index is 0.178. The van der Waals surface area contributed by atoms with E-state index in [-0.39, 0.29) is 11.3 Å². The molecule has 0 radical (unpaired) electrons. The van der Waals surface area contributed by atoms with Gasteiger partial charge in [-0.15, -0.1) is 0 Å². The van der Waals surface area contributed by atoms with Crippen molar-refractivity contribution < 1.29 is 4.79 Å². The highest BCUT2D eigenvalue weighted by Crippen LogP contribution is 2.31. The minimum Gasteiger partial charge on any atom is -0.354 e. The van der Waals surface area contributed by atoms with E-state index >= 15 is 0 Å². The Labute approximate surface area is 92.0 Å². The predicted molar refractivity (Wildman–Crippen MR) is 61.5 cm³/mol. The molecule has 0 aromatic carbocycles. The first-order valence-electron chi connectivity index (χ1n) is 5.94. The Balaban J connectivity index is 2.57. The Kier molecular flexibility index (Phi) is 5.05. The summed E-state index contributed by atoms with van der Waals surface area (Å²) >= 11 is 0. The fourth-order valence-corrected chi connectivity index (χ4v) is 2.34. The summed E-state index contributed by atoms with van der Waals surface area (Å²) in [4.78, 5) is 12.1. The maximum atomic E-state index is 12.1. The molecular formula is C11H23N3O. The van der Waals surface area contributed by atoms with Crippen LogP contribution in [0.3, 0.4) is 0 Å². The summed E-state index contributed by atoms with van der Waals surface area (Å²) in [6, 6.07) is 0. The number of nitrogens with one attached hydrogen (secondary N) is 2. The van der Waals surface area contributed by atoms with Crippen LogP contribution in [0.1, 0.15) is 32.6 Å². The smallest absolute Gasteiger partial charge is 0.227 e. The Hall–Kier alpha value is -0.610. The van der Waals surface area contributed by atoms with E-state index in [0.717, 1.165) is 38.8 Å². The predicted octanol–water partition coefficient (Wildman–Crippen LogP) is 0.231. The van der Waals surface area contributed by atoms with Crippen molar-refractivity contribution in [2.45, 2.75) is 32.6 Å². The van der Waals surface area contributed by atoms with Gasteiger partial charge in [-0.1, -0.05) is 13.3 Å². The third kappa shape index (κ3) is 3.18. The summed E-state index contributed by atoms with van der Waals surface area (Å²) in [6.07, 6.45) is 4.12. The highest BCUT2D eigenvalue weighted by Gasteiger charge is 2.38. The standard InChI is InChI=1S/C11H23N3O/c1-2-4-11(5-3-7-13-9-11)10(15)14-8-6-12/h13H,2-9,12H2,1H3,(H,14,15). The first-order chi connectivity index (χ1) is 7.25. The van der Waals surface area contributed by atoms with Gasteiger partial charge in [0.25, 0.3) is 0 Å². The molecule has 0 bridgehead atoms. The van der Waals surface area contributed by atoms with Crippen molar-refractivity contribution in [2.75, 3.05) is 26.2 Å². The molecule has 1 fully saturated rings. The zero-order chi connectivity index (χ0) is 11.1. The van der Waals surface area contributed by atoms with Crippen molar-refractivity contribution in [2.24, 2.45) is 11.1 Å². The van der Waals surface area contributed by atoms with E-state index in [1.54, 1.807) is 0 Å². The molecule has 1 unspecified atom stereocenters. The summed E-state index contributed by atoms with van der Waals surface area (Å²) in [5.74, 6) is 0.182. The third-order valence-electron chi connectivity index (χ3n) is 3.11. The summed E-state index contributed by atoms with van der Waals surface area (Å²) in [5.41, 5.74) is 5.21. The van der Waals surface area contributed by atoms with E-state index in [9.17, 15) is 4.79 Å². The summed E-state index contributed by atoms with van der Waals surface area (Å²) in [7, 11) is 0. The van der Waals surface area contributed by atoms with Gasteiger partial charge in [-0.05, 0) is 25.8 Å². The van der Waals surface area contributed by atoms with Crippen LogP contribution in [0, 0.1) is 5.41 Å². The van der Waals surface area contributed by atoms with Crippen molar-refractivity contribution in [3.8, 4) is 0 Å². The highest BCUT2D eigenvalue weighted by atomic mass is 16.2. The highest BCUT2D eigenvalue weighted by molar-refractivity contribution is 5.83. The number of nitrogens with two attached hydrogens (primary N) is 1. The Morgan fingerprint density at radius 3 is 2.93 bits per heavy atom. The van der Waals surface area contributed by atoms with Gasteiger partial charge in [0, 0.05) is 19.6 Å². The molecule has 0 saturated carbocycles. The Morgan fingerprint density at radius 2 is 2.40 bits per heavy atom. The Morgan fingerprint density at radius 1 is 1.60 bits per heavy atom. The molecule has 4 heteroatoms. The largest absolute Gasteiger partial charge is 0.354 e. The van der Waals surface area contributed by atoms with Crippen molar-refractivity contribution in [1.82, 2.24) is 10.6 Å². The van der Waals surface area contributed by atoms with Crippen LogP contribution in [-0.4, -0.2) is 32.1 Å². The lowest BCUT2D eigenvalue weighted by atomic mass is 9.76. The topological polar surface area (TPSA) is 67.2 Å². The number of hydrogen-bond acceptors (Lipinski definition) is 3. The van der Waals surface area contributed by atoms with E-state index in [1.807, 2.05) is 0 Å². The molecule has 0 aromatic heterocycles. The average molecular weight is 213 g/mol. The van der Waals surface area contributed by atoms with Gasteiger partial charge >= 0.3 is 0 Å². The molecule has 1 rings (SSSR count). The lowest BCUT2D eigenvalue weighted by molar-refractivity contribution is -0.132. The van der Waals surface area contributed by atoms with Gasteiger partial charge in [0.2, 0.25) is 5.91 Å². The van der Waals surface area contributed by atoms with Crippen LogP contribution in [0.4, 0.5) is 0 Å². The Bertz CT molecular complexity index is 194. The van der Waals surface area contributed by atoms with Crippen molar-refractivity contribution in [1.29, 1.82) is 0 Å². The first kappa shape index (κ1) is 12.5. The van der Waals surface area contributed by atoms with Crippen LogP contribution in [-0.2, 0) is 4.79 Å². The molecule has 88 valence electrons. The first-order valence-corrected chi connectivity index (χ1v) is 5.94. The molecule has 15 heavy (non-hydrogen) atoms.